The molecule has 0 spiro atoms. The van der Waals surface area contributed by atoms with Crippen molar-refractivity contribution in [3.8, 4) is 0 Å². The summed E-state index contributed by atoms with van der Waals surface area (Å²) in [6, 6.07) is 0. The number of aldehydes is 1. The Morgan fingerprint density at radius 3 is 1.90 bits per heavy atom. The van der Waals surface area contributed by atoms with E-state index in [1.807, 2.05) is 0 Å². The summed E-state index contributed by atoms with van der Waals surface area (Å²) >= 11 is 0. The van der Waals surface area contributed by atoms with Gasteiger partial charge in [0.25, 0.3) is 0 Å². The van der Waals surface area contributed by atoms with Crippen molar-refractivity contribution in [2.75, 3.05) is 0 Å². The Bertz CT molecular complexity index is 935. The van der Waals surface area contributed by atoms with E-state index in [9.17, 15) is 4.79 Å². The standard InChI is InChI=1S/C34H60O3Si2/c1-24(23-35)28-18-19-29-27(15-14-20-34(28,29)9)17-16-26-21-30(36-38(10,11)32(3,4)5)25(2)31(22-26)37-39(12,13)33(6,7)8/h16-17,23-24,28-31H,2,14-15,18-22H2,1,3-13H3/b27-17+/t24-,28-,29+,30-,31-,34-/m1/s1. The van der Waals surface area contributed by atoms with Crippen molar-refractivity contribution in [3.05, 3.63) is 35.5 Å². The molecule has 3 aliphatic carbocycles. The minimum atomic E-state index is -1.97. The smallest absolute Gasteiger partial charge is 0.192 e. The van der Waals surface area contributed by atoms with Gasteiger partial charge in [0.15, 0.2) is 16.6 Å². The Morgan fingerprint density at radius 1 is 0.923 bits per heavy atom. The predicted octanol–water partition coefficient (Wildman–Crippen LogP) is 10.0. The van der Waals surface area contributed by atoms with Crippen LogP contribution in [0.5, 0.6) is 0 Å². The summed E-state index contributed by atoms with van der Waals surface area (Å²) in [7, 11) is -3.94. The van der Waals surface area contributed by atoms with E-state index in [1.165, 1.54) is 44.0 Å². The fourth-order valence-corrected chi connectivity index (χ4v) is 9.53. The van der Waals surface area contributed by atoms with Gasteiger partial charge < -0.3 is 13.6 Å². The van der Waals surface area contributed by atoms with Crippen molar-refractivity contribution in [2.24, 2.45) is 23.2 Å². The molecule has 0 aromatic rings. The zero-order valence-electron chi connectivity index (χ0n) is 27.5. The molecule has 3 fully saturated rings. The Labute approximate surface area is 243 Å². The summed E-state index contributed by atoms with van der Waals surface area (Å²) in [5.74, 6) is 1.27. The molecular formula is C34H60O3Si2. The summed E-state index contributed by atoms with van der Waals surface area (Å²) in [4.78, 5) is 11.7. The Balaban J connectivity index is 1.92. The Hall–Kier alpha value is -0.756. The van der Waals surface area contributed by atoms with Crippen molar-refractivity contribution in [1.29, 1.82) is 0 Å². The third-order valence-corrected chi connectivity index (χ3v) is 20.6. The van der Waals surface area contributed by atoms with Gasteiger partial charge in [0.1, 0.15) is 6.29 Å². The second-order valence-electron chi connectivity index (χ2n) is 16.4. The molecule has 0 heterocycles. The van der Waals surface area contributed by atoms with Crippen molar-refractivity contribution in [3.63, 3.8) is 0 Å². The first-order valence-corrected chi connectivity index (χ1v) is 21.4. The van der Waals surface area contributed by atoms with E-state index in [-0.39, 0.29) is 33.6 Å². The molecule has 5 heteroatoms. The molecule has 0 saturated heterocycles. The molecule has 0 N–H and O–H groups in total. The van der Waals surface area contributed by atoms with Gasteiger partial charge in [0.2, 0.25) is 0 Å². The average molecular weight is 573 g/mol. The molecule has 3 aliphatic rings. The van der Waals surface area contributed by atoms with Gasteiger partial charge in [-0.25, -0.2) is 0 Å². The highest BCUT2D eigenvalue weighted by Gasteiger charge is 2.51. The van der Waals surface area contributed by atoms with Crippen LogP contribution in [0, 0.1) is 23.2 Å². The number of rotatable bonds is 7. The van der Waals surface area contributed by atoms with Crippen LogP contribution >= 0.6 is 0 Å². The molecule has 0 amide bonds. The third kappa shape index (κ3) is 6.84. The first-order valence-electron chi connectivity index (χ1n) is 15.6. The van der Waals surface area contributed by atoms with Crippen LogP contribution in [0.1, 0.15) is 100 Å². The highest BCUT2D eigenvalue weighted by Crippen LogP contribution is 2.59. The van der Waals surface area contributed by atoms with E-state index < -0.39 is 16.6 Å². The SMILES string of the molecule is C=C1[C@H](O[Si](C)(C)C(C)(C)C)CC(=C/C=C2\CCC[C@]3(C)[C@@H]([C@H](C)C=O)CC[C@@H]23)C[C@H]1O[Si](C)(C)C(C)(C)C. The second kappa shape index (κ2) is 11.5. The number of carbonyl (C=O) groups excluding carboxylic acids is 1. The molecule has 6 atom stereocenters. The van der Waals surface area contributed by atoms with Gasteiger partial charge in [0.05, 0.1) is 12.2 Å². The maximum atomic E-state index is 11.7. The summed E-state index contributed by atoms with van der Waals surface area (Å²) < 4.78 is 14.1. The van der Waals surface area contributed by atoms with Gasteiger partial charge >= 0.3 is 0 Å². The van der Waals surface area contributed by atoms with E-state index in [0.717, 1.165) is 18.4 Å². The van der Waals surface area contributed by atoms with Crippen LogP contribution in [0.3, 0.4) is 0 Å². The Kier molecular flexibility index (Phi) is 9.65. The van der Waals surface area contributed by atoms with E-state index >= 15 is 0 Å². The van der Waals surface area contributed by atoms with Crippen LogP contribution in [0.15, 0.2) is 35.5 Å². The molecule has 3 saturated carbocycles. The fourth-order valence-electron chi connectivity index (χ4n) is 6.93. The van der Waals surface area contributed by atoms with Crippen molar-refractivity contribution < 1.29 is 13.6 Å². The second-order valence-corrected chi connectivity index (χ2v) is 25.9. The predicted molar refractivity (Wildman–Crippen MR) is 172 cm³/mol. The Morgan fingerprint density at radius 2 is 1.44 bits per heavy atom. The topological polar surface area (TPSA) is 35.5 Å². The number of carbonyl (C=O) groups is 1. The molecule has 0 aromatic heterocycles. The average Bonchev–Trinajstić information content (AvgIpc) is 3.15. The highest BCUT2D eigenvalue weighted by molar-refractivity contribution is 6.74. The molecule has 3 rings (SSSR count). The third-order valence-electron chi connectivity index (χ3n) is 11.6. The van der Waals surface area contributed by atoms with Gasteiger partial charge in [-0.3, -0.25) is 0 Å². The van der Waals surface area contributed by atoms with E-state index in [4.69, 9.17) is 8.85 Å². The van der Waals surface area contributed by atoms with Gasteiger partial charge in [-0.15, -0.1) is 0 Å². The molecule has 0 aliphatic heterocycles. The van der Waals surface area contributed by atoms with Crippen LogP contribution in [0.25, 0.3) is 0 Å². The lowest BCUT2D eigenvalue weighted by Crippen LogP contribution is -2.49. The maximum Gasteiger partial charge on any atom is 0.192 e. The van der Waals surface area contributed by atoms with Gasteiger partial charge in [0, 0.05) is 5.92 Å². The van der Waals surface area contributed by atoms with Crippen molar-refractivity contribution >= 4 is 22.9 Å². The van der Waals surface area contributed by atoms with Crippen LogP contribution in [0.2, 0.25) is 36.3 Å². The molecule has 0 aromatic carbocycles. The first kappa shape index (κ1) is 32.8. The zero-order valence-corrected chi connectivity index (χ0v) is 29.5. The molecule has 0 unspecified atom stereocenters. The van der Waals surface area contributed by atoms with Crippen molar-refractivity contribution in [2.45, 2.75) is 149 Å². The van der Waals surface area contributed by atoms with Gasteiger partial charge in [-0.1, -0.05) is 85.3 Å². The minimum absolute atomic E-state index is 0.0139. The van der Waals surface area contributed by atoms with Crippen LogP contribution in [0.4, 0.5) is 0 Å². The summed E-state index contributed by atoms with van der Waals surface area (Å²) in [6.45, 7) is 32.5. The largest absolute Gasteiger partial charge is 0.410 e. The number of fused-ring (bicyclic) bond motifs is 1. The lowest BCUT2D eigenvalue weighted by atomic mass is 9.61. The molecule has 222 valence electrons. The monoisotopic (exact) mass is 572 g/mol. The minimum Gasteiger partial charge on any atom is -0.410 e. The maximum absolute atomic E-state index is 11.7. The first-order chi connectivity index (χ1) is 17.7. The molecule has 3 nitrogen and oxygen atoms in total. The highest BCUT2D eigenvalue weighted by atomic mass is 28.4. The van der Waals surface area contributed by atoms with E-state index in [0.29, 0.717) is 11.8 Å². The van der Waals surface area contributed by atoms with Crippen LogP contribution in [-0.2, 0) is 13.6 Å². The van der Waals surface area contributed by atoms with E-state index in [2.05, 4.69) is 100 Å². The molecular weight excluding hydrogens is 513 g/mol. The number of hydrogen-bond acceptors (Lipinski definition) is 3. The fraction of sp³-hybridized carbons (Fsp3) is 0.794. The van der Waals surface area contributed by atoms with Gasteiger partial charge in [-0.05, 0) is 104 Å². The molecule has 39 heavy (non-hydrogen) atoms. The van der Waals surface area contributed by atoms with E-state index in [1.54, 1.807) is 5.57 Å². The number of hydrogen-bond donors (Lipinski definition) is 0. The quantitative estimate of drug-likeness (QED) is 0.173. The summed E-state index contributed by atoms with van der Waals surface area (Å²) in [5, 5.41) is 0.299. The van der Waals surface area contributed by atoms with Crippen molar-refractivity contribution in [1.82, 2.24) is 0 Å². The van der Waals surface area contributed by atoms with Crippen LogP contribution in [-0.4, -0.2) is 35.1 Å². The summed E-state index contributed by atoms with van der Waals surface area (Å²) in [6.07, 6.45) is 14.0. The van der Waals surface area contributed by atoms with Gasteiger partial charge in [-0.2, -0.15) is 0 Å². The molecule has 0 bridgehead atoms. The lowest BCUT2D eigenvalue weighted by Gasteiger charge is -2.46. The zero-order chi connectivity index (χ0) is 29.6. The number of allylic oxidation sites excluding steroid dienone is 3. The lowest BCUT2D eigenvalue weighted by molar-refractivity contribution is -0.113. The van der Waals surface area contributed by atoms with Crippen LogP contribution < -0.4 is 0 Å². The normalized spacial score (nSPS) is 32.8. The summed E-state index contributed by atoms with van der Waals surface area (Å²) in [5.41, 5.74) is 4.43. The molecule has 0 radical (unpaired) electrons.